The summed E-state index contributed by atoms with van der Waals surface area (Å²) in [6.45, 7) is 1.64. The minimum Gasteiger partial charge on any atom is -0.351 e. The topological polar surface area (TPSA) is 51.9 Å². The molecular weight excluding hydrogens is 441 g/mol. The molecule has 2 heterocycles. The molecule has 1 atom stereocenters. The quantitative estimate of drug-likeness (QED) is 0.430. The van der Waals surface area contributed by atoms with E-state index in [1.54, 1.807) is 25.1 Å². The van der Waals surface area contributed by atoms with E-state index in [2.05, 4.69) is 10.4 Å². The summed E-state index contributed by atoms with van der Waals surface area (Å²) >= 11 is 5.99. The highest BCUT2D eigenvalue weighted by Gasteiger charge is 2.35. The lowest BCUT2D eigenvalue weighted by Crippen LogP contribution is -2.28. The highest BCUT2D eigenvalue weighted by Crippen LogP contribution is 2.30. The van der Waals surface area contributed by atoms with Crippen molar-refractivity contribution >= 4 is 28.4 Å². The lowest BCUT2D eigenvalue weighted by atomic mass is 9.99. The van der Waals surface area contributed by atoms with Gasteiger partial charge in [-0.25, -0.2) is 4.68 Å². The van der Waals surface area contributed by atoms with E-state index in [0.717, 1.165) is 27.2 Å². The fourth-order valence-corrected chi connectivity index (χ4v) is 3.75. The summed E-state index contributed by atoms with van der Waals surface area (Å²) in [5.41, 5.74) is 1.40. The Morgan fingerprint density at radius 1 is 1.16 bits per heavy atom. The first-order valence-electron chi connectivity index (χ1n) is 9.88. The fraction of sp³-hybridized carbons (Fsp3) is 0.217. The number of halogens is 4. The largest absolute Gasteiger partial charge is 0.435 e. The van der Waals surface area contributed by atoms with Crippen LogP contribution in [0.2, 0.25) is 5.02 Å². The number of hydrogen-bond acceptors (Lipinski definition) is 2. The molecular formula is C23H20ClF3N4O. The molecule has 0 aliphatic carbocycles. The van der Waals surface area contributed by atoms with Crippen molar-refractivity contribution < 1.29 is 18.0 Å². The average molecular weight is 461 g/mol. The Hall–Kier alpha value is -3.26. The molecule has 32 heavy (non-hydrogen) atoms. The van der Waals surface area contributed by atoms with Crippen LogP contribution in [0, 0.1) is 0 Å². The van der Waals surface area contributed by atoms with Crippen LogP contribution in [0.5, 0.6) is 0 Å². The van der Waals surface area contributed by atoms with Gasteiger partial charge in [-0.05, 0) is 60.3 Å². The van der Waals surface area contributed by atoms with Crippen molar-refractivity contribution in [1.82, 2.24) is 19.7 Å². The summed E-state index contributed by atoms with van der Waals surface area (Å²) in [6.07, 6.45) is -2.67. The summed E-state index contributed by atoms with van der Waals surface area (Å²) in [7, 11) is 1.94. The van der Waals surface area contributed by atoms with Crippen LogP contribution in [0.4, 0.5) is 13.2 Å². The number of hydrogen-bond donors (Lipinski definition) is 1. The van der Waals surface area contributed by atoms with Gasteiger partial charge in [0.25, 0.3) is 0 Å². The molecule has 0 aliphatic heterocycles. The minimum absolute atomic E-state index is 0.119. The Morgan fingerprint density at radius 3 is 2.66 bits per heavy atom. The Kier molecular flexibility index (Phi) is 5.73. The molecule has 1 N–H and O–H groups in total. The molecule has 1 amide bonds. The molecule has 2 aromatic heterocycles. The number of carbonyl (C=O) groups excluding carboxylic acids is 1. The van der Waals surface area contributed by atoms with Gasteiger partial charge < -0.3 is 9.88 Å². The number of carbonyl (C=O) groups is 1. The van der Waals surface area contributed by atoms with E-state index >= 15 is 0 Å². The van der Waals surface area contributed by atoms with Gasteiger partial charge in [0.1, 0.15) is 0 Å². The van der Waals surface area contributed by atoms with Gasteiger partial charge in [-0.1, -0.05) is 23.7 Å². The van der Waals surface area contributed by atoms with E-state index in [-0.39, 0.29) is 18.1 Å². The summed E-state index contributed by atoms with van der Waals surface area (Å²) in [5.74, 6) is -0.781. The number of aryl methyl sites for hydroxylation is 1. The van der Waals surface area contributed by atoms with Gasteiger partial charge in [0.15, 0.2) is 5.69 Å². The summed E-state index contributed by atoms with van der Waals surface area (Å²) in [6, 6.07) is 15.0. The normalized spacial score (nSPS) is 12.8. The van der Waals surface area contributed by atoms with E-state index < -0.39 is 17.8 Å². The Morgan fingerprint density at radius 2 is 1.94 bits per heavy atom. The van der Waals surface area contributed by atoms with E-state index in [9.17, 15) is 18.0 Å². The molecule has 0 spiro atoms. The van der Waals surface area contributed by atoms with Gasteiger partial charge in [0.2, 0.25) is 5.91 Å². The van der Waals surface area contributed by atoms with Crippen LogP contribution in [0.3, 0.4) is 0 Å². The van der Waals surface area contributed by atoms with Crippen LogP contribution in [0.1, 0.15) is 29.8 Å². The molecule has 0 aliphatic rings. The molecule has 1 unspecified atom stereocenters. The van der Waals surface area contributed by atoms with Crippen molar-refractivity contribution in [3.63, 3.8) is 0 Å². The van der Waals surface area contributed by atoms with Crippen molar-refractivity contribution in [2.45, 2.75) is 25.6 Å². The first-order valence-corrected chi connectivity index (χ1v) is 10.3. The van der Waals surface area contributed by atoms with Gasteiger partial charge >= 0.3 is 6.18 Å². The van der Waals surface area contributed by atoms with Crippen LogP contribution >= 0.6 is 11.6 Å². The summed E-state index contributed by atoms with van der Waals surface area (Å²) < 4.78 is 42.9. The van der Waals surface area contributed by atoms with Crippen molar-refractivity contribution in [2.24, 2.45) is 7.05 Å². The van der Waals surface area contributed by atoms with Gasteiger partial charge in [-0.2, -0.15) is 18.3 Å². The standard InChI is InChI=1S/C23H20ClF3N4O/c1-14(15-6-7-20-16(10-15)8-9-30(20)2)22(32)28-13-19-12-21(23(25,26)27)29-31(19)18-5-3-4-17(24)11-18/h3-12,14H,13H2,1-2H3,(H,28,32). The Bertz CT molecular complexity index is 1290. The lowest BCUT2D eigenvalue weighted by Gasteiger charge is -2.14. The number of alkyl halides is 3. The second kappa shape index (κ2) is 8.35. The first kappa shape index (κ1) is 22.0. The second-order valence-electron chi connectivity index (χ2n) is 7.59. The zero-order valence-electron chi connectivity index (χ0n) is 17.3. The lowest BCUT2D eigenvalue weighted by molar-refractivity contribution is -0.141. The first-order chi connectivity index (χ1) is 15.1. The third-order valence-corrected chi connectivity index (χ3v) is 5.61. The van der Waals surface area contributed by atoms with E-state index in [1.165, 1.54) is 6.07 Å². The van der Waals surface area contributed by atoms with Crippen molar-refractivity contribution in [3.05, 3.63) is 82.8 Å². The Labute approximate surface area is 187 Å². The Balaban J connectivity index is 1.56. The molecule has 0 saturated carbocycles. The summed E-state index contributed by atoms with van der Waals surface area (Å²) in [5, 5.41) is 7.80. The van der Waals surface area contributed by atoms with E-state index in [4.69, 9.17) is 11.6 Å². The predicted molar refractivity (Wildman–Crippen MR) is 117 cm³/mol. The van der Waals surface area contributed by atoms with Gasteiger partial charge in [0.05, 0.1) is 23.8 Å². The number of fused-ring (bicyclic) bond motifs is 1. The van der Waals surface area contributed by atoms with Crippen LogP contribution in [-0.4, -0.2) is 20.3 Å². The molecule has 2 aromatic carbocycles. The van der Waals surface area contributed by atoms with Crippen LogP contribution in [0.25, 0.3) is 16.6 Å². The highest BCUT2D eigenvalue weighted by atomic mass is 35.5. The third-order valence-electron chi connectivity index (χ3n) is 5.37. The number of rotatable bonds is 5. The average Bonchev–Trinajstić information content (AvgIpc) is 3.35. The fourth-order valence-electron chi connectivity index (χ4n) is 3.57. The maximum absolute atomic E-state index is 13.3. The molecule has 9 heteroatoms. The molecule has 0 fully saturated rings. The van der Waals surface area contributed by atoms with E-state index in [1.807, 2.05) is 42.1 Å². The SMILES string of the molecule is CC(C(=O)NCc1cc(C(F)(F)F)nn1-c1cccc(Cl)c1)c1ccc2c(ccn2C)c1. The van der Waals surface area contributed by atoms with Gasteiger partial charge in [-0.3, -0.25) is 4.79 Å². The van der Waals surface area contributed by atoms with Crippen molar-refractivity contribution in [3.8, 4) is 5.69 Å². The minimum atomic E-state index is -4.61. The monoisotopic (exact) mass is 460 g/mol. The van der Waals surface area contributed by atoms with Gasteiger partial charge in [-0.15, -0.1) is 0 Å². The zero-order chi connectivity index (χ0) is 23.0. The molecule has 0 bridgehead atoms. The smallest absolute Gasteiger partial charge is 0.351 e. The van der Waals surface area contributed by atoms with Crippen LogP contribution in [-0.2, 0) is 24.6 Å². The third kappa shape index (κ3) is 4.36. The highest BCUT2D eigenvalue weighted by molar-refractivity contribution is 6.30. The number of benzene rings is 2. The zero-order valence-corrected chi connectivity index (χ0v) is 18.1. The van der Waals surface area contributed by atoms with Gasteiger partial charge in [0, 0.05) is 23.8 Å². The molecule has 4 rings (SSSR count). The molecule has 4 aromatic rings. The second-order valence-corrected chi connectivity index (χ2v) is 8.03. The van der Waals surface area contributed by atoms with Crippen molar-refractivity contribution in [2.75, 3.05) is 0 Å². The predicted octanol–water partition coefficient (Wildman–Crippen LogP) is 5.46. The van der Waals surface area contributed by atoms with Crippen LogP contribution < -0.4 is 5.32 Å². The van der Waals surface area contributed by atoms with Crippen molar-refractivity contribution in [1.29, 1.82) is 0 Å². The molecule has 166 valence electrons. The molecule has 0 saturated heterocycles. The molecule has 0 radical (unpaired) electrons. The molecule has 5 nitrogen and oxygen atoms in total. The number of nitrogens with one attached hydrogen (secondary N) is 1. The maximum atomic E-state index is 13.3. The number of aromatic nitrogens is 3. The maximum Gasteiger partial charge on any atom is 0.435 e. The number of amides is 1. The van der Waals surface area contributed by atoms with E-state index in [0.29, 0.717) is 10.7 Å². The van der Waals surface area contributed by atoms with Crippen LogP contribution in [0.15, 0.2) is 60.8 Å². The number of nitrogens with zero attached hydrogens (tertiary/aromatic N) is 3. The summed E-state index contributed by atoms with van der Waals surface area (Å²) in [4.78, 5) is 12.8.